The zero-order valence-corrected chi connectivity index (χ0v) is 11.7. The molecule has 19 heavy (non-hydrogen) atoms. The van der Waals surface area contributed by atoms with Crippen LogP contribution in [0.2, 0.25) is 5.02 Å². The van der Waals surface area contributed by atoms with Crippen molar-refractivity contribution in [2.45, 2.75) is 44.6 Å². The van der Waals surface area contributed by atoms with Gasteiger partial charge in [-0.3, -0.25) is 5.84 Å². The predicted octanol–water partition coefficient (Wildman–Crippen LogP) is 4.26. The van der Waals surface area contributed by atoms with Gasteiger partial charge < -0.3 is 0 Å². The average molecular weight is 283 g/mol. The maximum Gasteiger partial charge on any atom is 0.142 e. The molecule has 2 rings (SSSR count). The Bertz CT molecular complexity index is 459. The molecule has 1 atom stereocenters. The number of hydrazine groups is 1. The topological polar surface area (TPSA) is 38.0 Å². The zero-order chi connectivity index (χ0) is 13.7. The number of hydrogen-bond acceptors (Lipinski definition) is 2. The van der Waals surface area contributed by atoms with Gasteiger partial charge in [-0.05, 0) is 37.3 Å². The van der Waals surface area contributed by atoms with Gasteiger partial charge in [-0.15, -0.1) is 0 Å². The fourth-order valence-electron chi connectivity index (χ4n) is 2.62. The molecule has 0 bridgehead atoms. The Balaban J connectivity index is 2.30. The van der Waals surface area contributed by atoms with Crippen LogP contribution in [0.5, 0.6) is 0 Å². The zero-order valence-electron chi connectivity index (χ0n) is 11.0. The highest BCUT2D eigenvalue weighted by molar-refractivity contribution is 6.31. The molecular formula is C15H20ClFN2. The maximum absolute atomic E-state index is 13.6. The van der Waals surface area contributed by atoms with Crippen LogP contribution in [-0.4, -0.2) is 0 Å². The minimum Gasteiger partial charge on any atom is -0.271 e. The maximum atomic E-state index is 13.6. The number of nitrogens with one attached hydrogen (secondary N) is 1. The number of nitrogens with two attached hydrogens (primary N) is 1. The minimum absolute atomic E-state index is 0.161. The number of rotatable bonds is 3. The normalized spacial score (nSPS) is 21.1. The van der Waals surface area contributed by atoms with E-state index in [0.29, 0.717) is 0 Å². The highest BCUT2D eigenvalue weighted by Gasteiger charge is 2.20. The quantitative estimate of drug-likeness (QED) is 0.494. The molecule has 1 aromatic rings. The lowest BCUT2D eigenvalue weighted by Crippen LogP contribution is -2.30. The molecule has 1 aromatic carbocycles. The van der Waals surface area contributed by atoms with Gasteiger partial charge in [0.15, 0.2) is 0 Å². The molecule has 4 heteroatoms. The van der Waals surface area contributed by atoms with Crippen molar-refractivity contribution in [1.82, 2.24) is 5.43 Å². The van der Waals surface area contributed by atoms with Gasteiger partial charge in [-0.25, -0.2) is 9.82 Å². The summed E-state index contributed by atoms with van der Waals surface area (Å²) in [6, 6.07) is 4.67. The van der Waals surface area contributed by atoms with Crippen molar-refractivity contribution in [2.75, 3.05) is 0 Å². The number of hydrogen-bond donors (Lipinski definition) is 2. The Kier molecular flexibility index (Phi) is 5.37. The third kappa shape index (κ3) is 3.56. The van der Waals surface area contributed by atoms with Crippen LogP contribution in [0.1, 0.15) is 50.1 Å². The van der Waals surface area contributed by atoms with E-state index in [1.165, 1.54) is 30.9 Å². The number of halogens is 2. The summed E-state index contributed by atoms with van der Waals surface area (Å²) >= 11 is 6.06. The summed E-state index contributed by atoms with van der Waals surface area (Å²) in [4.78, 5) is 0. The molecule has 0 saturated heterocycles. The second-order valence-electron chi connectivity index (χ2n) is 4.97. The van der Waals surface area contributed by atoms with Crippen LogP contribution in [0.25, 0.3) is 0 Å². The van der Waals surface area contributed by atoms with Crippen LogP contribution in [-0.2, 0) is 0 Å². The number of benzene rings is 1. The second-order valence-corrected chi connectivity index (χ2v) is 5.35. The lowest BCUT2D eigenvalue weighted by molar-refractivity contribution is 0.551. The van der Waals surface area contributed by atoms with Crippen LogP contribution in [0.4, 0.5) is 4.39 Å². The Morgan fingerprint density at radius 1 is 1.21 bits per heavy atom. The molecule has 0 fully saturated rings. The molecule has 104 valence electrons. The summed E-state index contributed by atoms with van der Waals surface area (Å²) in [5.41, 5.74) is 4.72. The van der Waals surface area contributed by atoms with Crippen molar-refractivity contribution in [1.29, 1.82) is 0 Å². The van der Waals surface area contributed by atoms with Crippen molar-refractivity contribution in [3.05, 3.63) is 46.3 Å². The van der Waals surface area contributed by atoms with Crippen molar-refractivity contribution in [3.8, 4) is 0 Å². The monoisotopic (exact) mass is 282 g/mol. The largest absolute Gasteiger partial charge is 0.271 e. The first-order valence-corrected chi connectivity index (χ1v) is 7.21. The molecule has 0 saturated carbocycles. The van der Waals surface area contributed by atoms with Crippen molar-refractivity contribution in [3.63, 3.8) is 0 Å². The van der Waals surface area contributed by atoms with Gasteiger partial charge in [-0.2, -0.15) is 0 Å². The molecule has 0 radical (unpaired) electrons. The van der Waals surface area contributed by atoms with E-state index in [4.69, 9.17) is 17.4 Å². The van der Waals surface area contributed by atoms with E-state index in [1.807, 2.05) is 6.07 Å². The van der Waals surface area contributed by atoms with Gasteiger partial charge in [0, 0.05) is 0 Å². The molecule has 0 amide bonds. The first-order chi connectivity index (χ1) is 9.24. The van der Waals surface area contributed by atoms with Gasteiger partial charge in [-0.1, -0.05) is 48.2 Å². The third-order valence-electron chi connectivity index (χ3n) is 3.66. The molecule has 0 aromatic heterocycles. The fourth-order valence-corrected chi connectivity index (χ4v) is 2.85. The fraction of sp³-hybridized carbons (Fsp3) is 0.467. The van der Waals surface area contributed by atoms with Gasteiger partial charge in [0.25, 0.3) is 0 Å². The van der Waals surface area contributed by atoms with Crippen LogP contribution in [0, 0.1) is 5.82 Å². The summed E-state index contributed by atoms with van der Waals surface area (Å²) in [5.74, 6) is 5.28. The Morgan fingerprint density at radius 3 is 2.79 bits per heavy atom. The molecule has 1 unspecified atom stereocenters. The van der Waals surface area contributed by atoms with Crippen LogP contribution in [0.15, 0.2) is 29.8 Å². The van der Waals surface area contributed by atoms with Crippen molar-refractivity contribution < 1.29 is 4.39 Å². The highest BCUT2D eigenvalue weighted by atomic mass is 35.5. The molecule has 1 aliphatic carbocycles. The Morgan fingerprint density at radius 2 is 2.00 bits per heavy atom. The summed E-state index contributed by atoms with van der Waals surface area (Å²) < 4.78 is 13.6. The molecule has 0 spiro atoms. The molecular weight excluding hydrogens is 263 g/mol. The minimum atomic E-state index is -0.397. The van der Waals surface area contributed by atoms with E-state index in [2.05, 4.69) is 11.5 Å². The Labute approximate surface area is 118 Å². The summed E-state index contributed by atoms with van der Waals surface area (Å²) in [6.45, 7) is 0. The van der Waals surface area contributed by atoms with Gasteiger partial charge in [0.2, 0.25) is 0 Å². The summed E-state index contributed by atoms with van der Waals surface area (Å²) in [5, 5.41) is 0.161. The molecule has 1 aliphatic rings. The van der Waals surface area contributed by atoms with E-state index in [-0.39, 0.29) is 11.1 Å². The van der Waals surface area contributed by atoms with Crippen LogP contribution in [0.3, 0.4) is 0 Å². The van der Waals surface area contributed by atoms with E-state index < -0.39 is 5.82 Å². The van der Waals surface area contributed by atoms with Crippen molar-refractivity contribution in [2.24, 2.45) is 5.84 Å². The van der Waals surface area contributed by atoms with Gasteiger partial charge in [0.05, 0.1) is 11.1 Å². The molecule has 0 heterocycles. The Hall–Kier alpha value is -0.900. The molecule has 3 N–H and O–H groups in total. The second kappa shape index (κ2) is 7.04. The lowest BCUT2D eigenvalue weighted by atomic mass is 9.91. The van der Waals surface area contributed by atoms with Crippen LogP contribution < -0.4 is 11.3 Å². The first kappa shape index (κ1) is 14.5. The van der Waals surface area contributed by atoms with Crippen molar-refractivity contribution >= 4 is 11.6 Å². The predicted molar refractivity (Wildman–Crippen MR) is 77.3 cm³/mol. The van der Waals surface area contributed by atoms with E-state index in [1.54, 1.807) is 6.07 Å². The van der Waals surface area contributed by atoms with Gasteiger partial charge >= 0.3 is 0 Å². The molecule has 0 aliphatic heterocycles. The smallest absolute Gasteiger partial charge is 0.142 e. The van der Waals surface area contributed by atoms with E-state index in [0.717, 1.165) is 24.8 Å². The summed E-state index contributed by atoms with van der Waals surface area (Å²) in [7, 11) is 0. The number of allylic oxidation sites excluding steroid dienone is 1. The SMILES string of the molecule is NNC(/C1=C/CCCCCC1)c1cccc(F)c1Cl. The van der Waals surface area contributed by atoms with Crippen LogP contribution >= 0.6 is 11.6 Å². The molecule has 2 nitrogen and oxygen atoms in total. The van der Waals surface area contributed by atoms with E-state index in [9.17, 15) is 4.39 Å². The standard InChI is InChI=1S/C15H20ClFN2/c16-14-12(9-6-10-13(14)17)15(19-18)11-7-4-2-1-3-5-8-11/h6-7,9-10,15,19H,1-5,8,18H2/b11-7+. The third-order valence-corrected chi connectivity index (χ3v) is 4.05. The van der Waals surface area contributed by atoms with Gasteiger partial charge in [0.1, 0.15) is 5.82 Å². The average Bonchev–Trinajstić information content (AvgIpc) is 2.37. The first-order valence-electron chi connectivity index (χ1n) is 6.83. The summed E-state index contributed by atoms with van der Waals surface area (Å²) in [6.07, 6.45) is 9.15. The van der Waals surface area contributed by atoms with E-state index >= 15 is 0 Å². The highest BCUT2D eigenvalue weighted by Crippen LogP contribution is 2.33. The lowest BCUT2D eigenvalue weighted by Gasteiger charge is -2.23.